The van der Waals surface area contributed by atoms with Crippen molar-refractivity contribution in [3.05, 3.63) is 33.9 Å². The highest BCUT2D eigenvalue weighted by Gasteiger charge is 2.32. The van der Waals surface area contributed by atoms with Gasteiger partial charge in [0, 0.05) is 18.7 Å². The van der Waals surface area contributed by atoms with Gasteiger partial charge in [-0.1, -0.05) is 6.92 Å². The van der Waals surface area contributed by atoms with Crippen LogP contribution in [0, 0.1) is 27.2 Å². The molecule has 0 saturated carbocycles. The third kappa shape index (κ3) is 3.19. The van der Waals surface area contributed by atoms with Gasteiger partial charge in [0.15, 0.2) is 0 Å². The Labute approximate surface area is 113 Å². The van der Waals surface area contributed by atoms with Crippen molar-refractivity contribution in [1.82, 2.24) is 0 Å². The monoisotopic (exact) mass is 288 g/mol. The number of halogens is 2. The Morgan fingerprint density at radius 2 is 2.10 bits per heavy atom. The second-order valence-corrected chi connectivity index (χ2v) is 4.61. The van der Waals surface area contributed by atoms with Gasteiger partial charge < -0.3 is 10.4 Å². The van der Waals surface area contributed by atoms with Crippen molar-refractivity contribution in [2.75, 3.05) is 11.9 Å². The van der Waals surface area contributed by atoms with Gasteiger partial charge in [-0.3, -0.25) is 14.9 Å². The molecule has 0 heterocycles. The largest absolute Gasteiger partial charge is 0.481 e. The van der Waals surface area contributed by atoms with Crippen LogP contribution in [0.3, 0.4) is 0 Å². The van der Waals surface area contributed by atoms with Crippen molar-refractivity contribution in [1.29, 1.82) is 0 Å². The molecule has 0 aromatic heterocycles. The van der Waals surface area contributed by atoms with Crippen LogP contribution in [0.25, 0.3) is 0 Å². The molecule has 1 unspecified atom stereocenters. The maximum Gasteiger partial charge on any atom is 0.327 e. The first kappa shape index (κ1) is 15.8. The maximum atomic E-state index is 13.4. The van der Waals surface area contributed by atoms with E-state index in [-0.39, 0.29) is 18.7 Å². The summed E-state index contributed by atoms with van der Waals surface area (Å²) < 4.78 is 26.5. The zero-order chi connectivity index (χ0) is 15.5. The number of anilines is 1. The Balaban J connectivity index is 3.09. The van der Waals surface area contributed by atoms with E-state index in [0.29, 0.717) is 6.07 Å². The van der Waals surface area contributed by atoms with Crippen molar-refractivity contribution in [2.45, 2.75) is 20.3 Å². The molecule has 0 aliphatic rings. The highest BCUT2D eigenvalue weighted by molar-refractivity contribution is 5.75. The molecule has 0 fully saturated rings. The van der Waals surface area contributed by atoms with E-state index < -0.39 is 33.6 Å². The first-order valence-corrected chi connectivity index (χ1v) is 5.82. The molecular weight excluding hydrogens is 274 g/mol. The number of nitro groups is 1. The number of carboxylic acid groups (broad SMARTS) is 1. The number of aliphatic carboxylic acids is 1. The number of benzene rings is 1. The van der Waals surface area contributed by atoms with Gasteiger partial charge in [-0.2, -0.15) is 4.39 Å². The van der Waals surface area contributed by atoms with E-state index >= 15 is 0 Å². The number of rotatable bonds is 6. The lowest BCUT2D eigenvalue weighted by atomic mass is 9.87. The van der Waals surface area contributed by atoms with Crippen molar-refractivity contribution in [3.8, 4) is 0 Å². The molecule has 1 atom stereocenters. The number of nitrogens with zero attached hydrogens (tertiary/aromatic N) is 1. The lowest BCUT2D eigenvalue weighted by molar-refractivity contribution is -0.386. The molecule has 0 aliphatic carbocycles. The van der Waals surface area contributed by atoms with Gasteiger partial charge in [-0.15, -0.1) is 0 Å². The number of nitro benzene ring substituents is 1. The molecule has 2 N–H and O–H groups in total. The van der Waals surface area contributed by atoms with Gasteiger partial charge in [0.25, 0.3) is 0 Å². The summed E-state index contributed by atoms with van der Waals surface area (Å²) in [5, 5.41) is 22.3. The number of hydrogen-bond acceptors (Lipinski definition) is 4. The summed E-state index contributed by atoms with van der Waals surface area (Å²) in [5.41, 5.74) is -2.49. The quantitative estimate of drug-likeness (QED) is 0.620. The van der Waals surface area contributed by atoms with E-state index in [9.17, 15) is 23.7 Å². The molecule has 1 aromatic rings. The molecule has 1 aromatic carbocycles. The minimum absolute atomic E-state index is 0.192. The molecule has 8 heteroatoms. The average molecular weight is 288 g/mol. The minimum atomic E-state index is -1.31. The lowest BCUT2D eigenvalue weighted by Crippen LogP contribution is -2.34. The van der Waals surface area contributed by atoms with Gasteiger partial charge in [0.2, 0.25) is 5.82 Å². The van der Waals surface area contributed by atoms with Crippen LogP contribution in [-0.2, 0) is 4.79 Å². The van der Waals surface area contributed by atoms with Crippen molar-refractivity contribution < 1.29 is 23.6 Å². The van der Waals surface area contributed by atoms with E-state index in [2.05, 4.69) is 5.32 Å². The Kier molecular flexibility index (Phi) is 4.59. The van der Waals surface area contributed by atoms with Crippen LogP contribution < -0.4 is 5.32 Å². The smallest absolute Gasteiger partial charge is 0.327 e. The molecule has 0 aliphatic heterocycles. The van der Waals surface area contributed by atoms with Crippen LogP contribution in [0.5, 0.6) is 0 Å². The number of carbonyl (C=O) groups is 1. The van der Waals surface area contributed by atoms with E-state index in [1.165, 1.54) is 6.92 Å². The molecule has 1 rings (SSSR count). The van der Waals surface area contributed by atoms with Crippen molar-refractivity contribution in [3.63, 3.8) is 0 Å². The summed E-state index contributed by atoms with van der Waals surface area (Å²) in [6, 6.07) is 1.17. The molecule has 6 nitrogen and oxygen atoms in total. The Bertz CT molecular complexity index is 551. The summed E-state index contributed by atoms with van der Waals surface area (Å²) in [4.78, 5) is 20.9. The first-order chi connectivity index (χ1) is 9.21. The third-order valence-corrected chi connectivity index (χ3v) is 3.18. The fraction of sp³-hybridized carbons (Fsp3) is 0.417. The molecule has 0 radical (unpaired) electrons. The topological polar surface area (TPSA) is 92.5 Å². The SMILES string of the molecule is CCC(C)(CNc1cc(F)cc(F)c1[N+](=O)[O-])C(=O)O. The Morgan fingerprint density at radius 3 is 2.55 bits per heavy atom. The molecule has 0 saturated heterocycles. The fourth-order valence-corrected chi connectivity index (χ4v) is 1.53. The van der Waals surface area contributed by atoms with Gasteiger partial charge in [-0.25, -0.2) is 4.39 Å². The maximum absolute atomic E-state index is 13.4. The van der Waals surface area contributed by atoms with Crippen LogP contribution in [0.1, 0.15) is 20.3 Å². The van der Waals surface area contributed by atoms with E-state index in [1.807, 2.05) is 0 Å². The minimum Gasteiger partial charge on any atom is -0.481 e. The van der Waals surface area contributed by atoms with Gasteiger partial charge in [0.05, 0.1) is 10.3 Å². The van der Waals surface area contributed by atoms with Gasteiger partial charge in [-0.05, 0) is 13.3 Å². The van der Waals surface area contributed by atoms with Gasteiger partial charge in [0.1, 0.15) is 11.5 Å². The fourth-order valence-electron chi connectivity index (χ4n) is 1.53. The van der Waals surface area contributed by atoms with E-state index in [4.69, 9.17) is 5.11 Å². The third-order valence-electron chi connectivity index (χ3n) is 3.18. The van der Waals surface area contributed by atoms with E-state index in [1.54, 1.807) is 6.92 Å². The summed E-state index contributed by atoms with van der Waals surface area (Å²) in [6.07, 6.45) is 0.251. The van der Waals surface area contributed by atoms with Crippen LogP contribution in [0.2, 0.25) is 0 Å². The van der Waals surface area contributed by atoms with Crippen LogP contribution in [-0.4, -0.2) is 22.5 Å². The standard InChI is InChI=1S/C12H14F2N2O4/c1-3-12(2,11(17)18)6-15-9-5-7(13)4-8(14)10(9)16(19)20/h4-5,15H,3,6H2,1-2H3,(H,17,18). The second-order valence-electron chi connectivity index (χ2n) is 4.61. The predicted octanol–water partition coefficient (Wildman–Crippen LogP) is 2.79. The molecule has 0 amide bonds. The summed E-state index contributed by atoms with van der Waals surface area (Å²) in [5.74, 6) is -3.40. The Morgan fingerprint density at radius 1 is 1.50 bits per heavy atom. The number of carboxylic acids is 1. The molecule has 110 valence electrons. The molecule has 20 heavy (non-hydrogen) atoms. The number of nitrogens with one attached hydrogen (secondary N) is 1. The van der Waals surface area contributed by atoms with E-state index in [0.717, 1.165) is 6.07 Å². The zero-order valence-electron chi connectivity index (χ0n) is 10.9. The van der Waals surface area contributed by atoms with Crippen LogP contribution in [0.15, 0.2) is 12.1 Å². The van der Waals surface area contributed by atoms with Gasteiger partial charge >= 0.3 is 11.7 Å². The average Bonchev–Trinajstić information content (AvgIpc) is 2.34. The molecule has 0 spiro atoms. The van der Waals surface area contributed by atoms with Crippen molar-refractivity contribution >= 4 is 17.3 Å². The molecular formula is C12H14F2N2O4. The summed E-state index contributed by atoms with van der Waals surface area (Å²) in [7, 11) is 0. The number of hydrogen-bond donors (Lipinski definition) is 2. The summed E-state index contributed by atoms with van der Waals surface area (Å²) >= 11 is 0. The summed E-state index contributed by atoms with van der Waals surface area (Å²) in [6.45, 7) is 2.88. The lowest BCUT2D eigenvalue weighted by Gasteiger charge is -2.23. The Hall–Kier alpha value is -2.25. The molecule has 0 bridgehead atoms. The predicted molar refractivity (Wildman–Crippen MR) is 67.5 cm³/mol. The normalized spacial score (nSPS) is 13.6. The van der Waals surface area contributed by atoms with Crippen LogP contribution in [0.4, 0.5) is 20.2 Å². The highest BCUT2D eigenvalue weighted by Crippen LogP contribution is 2.30. The van der Waals surface area contributed by atoms with Crippen molar-refractivity contribution in [2.24, 2.45) is 5.41 Å². The van der Waals surface area contributed by atoms with Crippen LogP contribution >= 0.6 is 0 Å². The zero-order valence-corrected chi connectivity index (χ0v) is 10.9. The second kappa shape index (κ2) is 5.81. The first-order valence-electron chi connectivity index (χ1n) is 5.82. The highest BCUT2D eigenvalue weighted by atomic mass is 19.1.